The lowest BCUT2D eigenvalue weighted by Gasteiger charge is -2.24. The van der Waals surface area contributed by atoms with Crippen molar-refractivity contribution in [2.45, 2.75) is 39.7 Å². The van der Waals surface area contributed by atoms with Gasteiger partial charge in [-0.2, -0.15) is 0 Å². The maximum atomic E-state index is 12.0. The Labute approximate surface area is 100 Å². The zero-order valence-electron chi connectivity index (χ0n) is 10.1. The van der Waals surface area contributed by atoms with Crippen molar-refractivity contribution in [1.29, 1.82) is 0 Å². The number of rotatable bonds is 2. The minimum absolute atomic E-state index is 0.0849. The summed E-state index contributed by atoms with van der Waals surface area (Å²) < 4.78 is 0. The molecule has 3 nitrogen and oxygen atoms in total. The van der Waals surface area contributed by atoms with E-state index in [1.165, 1.54) is 0 Å². The van der Waals surface area contributed by atoms with Crippen LogP contribution in [0.4, 0.5) is 0 Å². The van der Waals surface area contributed by atoms with E-state index >= 15 is 0 Å². The molecule has 0 aliphatic carbocycles. The summed E-state index contributed by atoms with van der Waals surface area (Å²) in [7, 11) is 0. The molecule has 0 bridgehead atoms. The van der Waals surface area contributed by atoms with Crippen molar-refractivity contribution in [2.75, 3.05) is 6.54 Å². The summed E-state index contributed by atoms with van der Waals surface area (Å²) in [5.41, 5.74) is 1.06. The van der Waals surface area contributed by atoms with Crippen LogP contribution in [0.25, 0.3) is 0 Å². The van der Waals surface area contributed by atoms with Crippen molar-refractivity contribution in [3.63, 3.8) is 0 Å². The number of aryl methyl sites for hydroxylation is 1. The van der Waals surface area contributed by atoms with Crippen LogP contribution in [0.3, 0.4) is 0 Å². The van der Waals surface area contributed by atoms with E-state index in [1.54, 1.807) is 11.3 Å². The number of hydrogen-bond acceptors (Lipinski definition) is 3. The first-order valence-corrected chi connectivity index (χ1v) is 6.70. The summed E-state index contributed by atoms with van der Waals surface area (Å²) in [6.07, 6.45) is 2.16. The number of carbonyl (C=O) groups is 1. The van der Waals surface area contributed by atoms with E-state index in [-0.39, 0.29) is 17.9 Å². The maximum absolute atomic E-state index is 12.0. The fourth-order valence-electron chi connectivity index (χ4n) is 2.14. The average molecular weight is 238 g/mol. The minimum Gasteiger partial charge on any atom is -0.333 e. The maximum Gasteiger partial charge on any atom is 0.225 e. The summed E-state index contributed by atoms with van der Waals surface area (Å²) in [4.78, 5) is 18.6. The molecule has 0 radical (unpaired) electrons. The standard InChI is InChI=1S/C12H18N2OS/c1-8(2)12(15)14-6-4-5-10(14)11-13-9(3)7-16-11/h7-8,10H,4-6H2,1-3H3/t10-/m0/s1. The van der Waals surface area contributed by atoms with Crippen molar-refractivity contribution in [1.82, 2.24) is 9.88 Å². The minimum atomic E-state index is 0.0849. The summed E-state index contributed by atoms with van der Waals surface area (Å²) >= 11 is 1.67. The number of aromatic nitrogens is 1. The van der Waals surface area contributed by atoms with Crippen molar-refractivity contribution < 1.29 is 4.79 Å². The third kappa shape index (κ3) is 2.12. The van der Waals surface area contributed by atoms with E-state index in [9.17, 15) is 4.79 Å². The second-order valence-electron chi connectivity index (χ2n) is 4.67. The fraction of sp³-hybridized carbons (Fsp3) is 0.667. The normalized spacial score (nSPS) is 20.8. The molecule has 0 spiro atoms. The first-order valence-electron chi connectivity index (χ1n) is 5.82. The monoisotopic (exact) mass is 238 g/mol. The Morgan fingerprint density at radius 3 is 2.94 bits per heavy atom. The van der Waals surface area contributed by atoms with Crippen LogP contribution in [0.2, 0.25) is 0 Å². The first kappa shape index (κ1) is 11.6. The van der Waals surface area contributed by atoms with E-state index in [4.69, 9.17) is 0 Å². The van der Waals surface area contributed by atoms with Crippen LogP contribution in [-0.4, -0.2) is 22.3 Å². The molecule has 0 unspecified atom stereocenters. The molecule has 0 N–H and O–H groups in total. The molecular formula is C12H18N2OS. The second-order valence-corrected chi connectivity index (χ2v) is 5.56. The van der Waals surface area contributed by atoms with Crippen LogP contribution >= 0.6 is 11.3 Å². The second kappa shape index (κ2) is 4.53. The fourth-order valence-corrected chi connectivity index (χ4v) is 3.09. The van der Waals surface area contributed by atoms with Crippen LogP contribution in [-0.2, 0) is 4.79 Å². The highest BCUT2D eigenvalue weighted by Crippen LogP contribution is 2.34. The summed E-state index contributed by atoms with van der Waals surface area (Å²) in [5, 5.41) is 3.16. The van der Waals surface area contributed by atoms with Gasteiger partial charge in [-0.25, -0.2) is 4.98 Å². The highest BCUT2D eigenvalue weighted by molar-refractivity contribution is 7.09. The van der Waals surface area contributed by atoms with Gasteiger partial charge in [-0.3, -0.25) is 4.79 Å². The van der Waals surface area contributed by atoms with Gasteiger partial charge >= 0.3 is 0 Å². The summed E-state index contributed by atoms with van der Waals surface area (Å²) in [5.74, 6) is 0.344. The van der Waals surface area contributed by atoms with Crippen LogP contribution in [0.5, 0.6) is 0 Å². The number of amides is 1. The Bertz CT molecular complexity index is 386. The van der Waals surface area contributed by atoms with Crippen molar-refractivity contribution in [3.05, 3.63) is 16.1 Å². The van der Waals surface area contributed by atoms with Gasteiger partial charge in [-0.1, -0.05) is 13.8 Å². The molecule has 1 atom stereocenters. The Morgan fingerprint density at radius 2 is 2.38 bits per heavy atom. The molecule has 1 fully saturated rings. The number of carbonyl (C=O) groups excluding carboxylic acids is 1. The van der Waals surface area contributed by atoms with Gasteiger partial charge in [0.05, 0.1) is 6.04 Å². The smallest absolute Gasteiger partial charge is 0.225 e. The van der Waals surface area contributed by atoms with E-state index in [0.29, 0.717) is 0 Å². The molecule has 88 valence electrons. The molecule has 0 saturated carbocycles. The molecule has 1 aromatic heterocycles. The Hall–Kier alpha value is -0.900. The van der Waals surface area contributed by atoms with E-state index in [1.807, 2.05) is 25.7 Å². The van der Waals surface area contributed by atoms with Gasteiger partial charge in [0, 0.05) is 23.5 Å². The number of thiazole rings is 1. The zero-order chi connectivity index (χ0) is 11.7. The lowest BCUT2D eigenvalue weighted by atomic mass is 10.1. The SMILES string of the molecule is Cc1csc([C@@H]2CCCN2C(=O)C(C)C)n1. The quantitative estimate of drug-likeness (QED) is 0.793. The lowest BCUT2D eigenvalue weighted by Crippen LogP contribution is -2.33. The van der Waals surface area contributed by atoms with Gasteiger partial charge in [0.25, 0.3) is 0 Å². The molecule has 2 rings (SSSR count). The van der Waals surface area contributed by atoms with Crippen LogP contribution < -0.4 is 0 Å². The van der Waals surface area contributed by atoms with Crippen molar-refractivity contribution in [2.24, 2.45) is 5.92 Å². The largest absolute Gasteiger partial charge is 0.333 e. The molecule has 1 aliphatic heterocycles. The topological polar surface area (TPSA) is 33.2 Å². The van der Waals surface area contributed by atoms with Crippen LogP contribution in [0.1, 0.15) is 43.4 Å². The average Bonchev–Trinajstić information content (AvgIpc) is 2.83. The first-order chi connectivity index (χ1) is 7.59. The van der Waals surface area contributed by atoms with Gasteiger partial charge in [-0.15, -0.1) is 11.3 Å². The van der Waals surface area contributed by atoms with Gasteiger partial charge < -0.3 is 4.90 Å². The van der Waals surface area contributed by atoms with Crippen LogP contribution in [0, 0.1) is 12.8 Å². The van der Waals surface area contributed by atoms with E-state index in [0.717, 1.165) is 30.1 Å². The summed E-state index contributed by atoms with van der Waals surface area (Å²) in [6, 6.07) is 0.230. The Kier molecular flexibility index (Phi) is 3.28. The predicted molar refractivity (Wildman–Crippen MR) is 65.4 cm³/mol. The zero-order valence-corrected chi connectivity index (χ0v) is 10.9. The van der Waals surface area contributed by atoms with Gasteiger partial charge in [0.2, 0.25) is 5.91 Å². The molecular weight excluding hydrogens is 220 g/mol. The van der Waals surface area contributed by atoms with Gasteiger partial charge in [0.1, 0.15) is 5.01 Å². The van der Waals surface area contributed by atoms with Crippen molar-refractivity contribution >= 4 is 17.2 Å². The molecule has 1 amide bonds. The highest BCUT2D eigenvalue weighted by atomic mass is 32.1. The third-order valence-corrected chi connectivity index (χ3v) is 4.02. The van der Waals surface area contributed by atoms with Gasteiger partial charge in [0.15, 0.2) is 0 Å². The number of likely N-dealkylation sites (tertiary alicyclic amines) is 1. The van der Waals surface area contributed by atoms with Crippen molar-refractivity contribution in [3.8, 4) is 0 Å². The molecule has 2 heterocycles. The molecule has 1 aromatic rings. The third-order valence-electron chi connectivity index (χ3n) is 2.95. The molecule has 4 heteroatoms. The number of nitrogens with zero attached hydrogens (tertiary/aromatic N) is 2. The molecule has 16 heavy (non-hydrogen) atoms. The Balaban J connectivity index is 2.18. The summed E-state index contributed by atoms with van der Waals surface area (Å²) in [6.45, 7) is 6.82. The highest BCUT2D eigenvalue weighted by Gasteiger charge is 2.32. The predicted octanol–water partition coefficient (Wildman–Crippen LogP) is 2.77. The van der Waals surface area contributed by atoms with E-state index in [2.05, 4.69) is 10.4 Å². The molecule has 1 saturated heterocycles. The molecule has 0 aromatic carbocycles. The lowest BCUT2D eigenvalue weighted by molar-refractivity contribution is -0.135. The number of hydrogen-bond donors (Lipinski definition) is 0. The van der Waals surface area contributed by atoms with Crippen LogP contribution in [0.15, 0.2) is 5.38 Å². The van der Waals surface area contributed by atoms with Gasteiger partial charge in [-0.05, 0) is 19.8 Å². The Morgan fingerprint density at radius 1 is 1.62 bits per heavy atom. The van der Waals surface area contributed by atoms with E-state index < -0.39 is 0 Å². The molecule has 1 aliphatic rings.